The van der Waals surface area contributed by atoms with Crippen molar-refractivity contribution in [2.45, 2.75) is 20.8 Å². The van der Waals surface area contributed by atoms with Crippen molar-refractivity contribution in [3.8, 4) is 11.5 Å². The predicted octanol–water partition coefficient (Wildman–Crippen LogP) is 2.66. The van der Waals surface area contributed by atoms with Gasteiger partial charge in [-0.3, -0.25) is 0 Å². The van der Waals surface area contributed by atoms with Crippen molar-refractivity contribution in [1.82, 2.24) is 19.9 Å². The largest absolute Gasteiger partial charge is 0.383 e. The van der Waals surface area contributed by atoms with E-state index in [1.807, 2.05) is 13.8 Å². The Morgan fingerprint density at radius 1 is 1.11 bits per heavy atom. The monoisotopic (exact) mass is 271 g/mol. The average molecular weight is 271 g/mol. The third-order valence-electron chi connectivity index (χ3n) is 3.06. The number of nitrogens with two attached hydrogens (primary N) is 1. The van der Waals surface area contributed by atoms with Gasteiger partial charge in [0, 0.05) is 11.1 Å². The van der Waals surface area contributed by atoms with Crippen LogP contribution in [-0.4, -0.2) is 19.9 Å². The predicted molar refractivity (Wildman–Crippen MR) is 77.1 cm³/mol. The molecule has 0 spiro atoms. The van der Waals surface area contributed by atoms with E-state index >= 15 is 0 Å². The number of anilines is 1. The minimum atomic E-state index is 0.512. The Morgan fingerprint density at radius 2 is 1.89 bits per heavy atom. The normalized spacial score (nSPS) is 11.1. The highest BCUT2D eigenvalue weighted by Gasteiger charge is 2.14. The molecule has 6 heteroatoms. The van der Waals surface area contributed by atoms with Gasteiger partial charge in [0.1, 0.15) is 22.2 Å². The van der Waals surface area contributed by atoms with Crippen molar-refractivity contribution in [2.75, 3.05) is 5.73 Å². The van der Waals surface area contributed by atoms with Gasteiger partial charge < -0.3 is 5.73 Å². The smallest absolute Gasteiger partial charge is 0.181 e. The summed E-state index contributed by atoms with van der Waals surface area (Å²) in [6.45, 7) is 5.95. The highest BCUT2D eigenvalue weighted by molar-refractivity contribution is 7.18. The van der Waals surface area contributed by atoms with E-state index in [0.29, 0.717) is 23.2 Å². The van der Waals surface area contributed by atoms with Crippen LogP contribution in [0.15, 0.2) is 12.3 Å². The topological polar surface area (TPSA) is 77.6 Å². The summed E-state index contributed by atoms with van der Waals surface area (Å²) < 4.78 is 0. The molecule has 5 nitrogen and oxygen atoms in total. The fourth-order valence-electron chi connectivity index (χ4n) is 1.98. The number of rotatable bonds is 1. The molecule has 3 rings (SSSR count). The molecule has 0 saturated heterocycles. The van der Waals surface area contributed by atoms with Crippen LogP contribution in [0.3, 0.4) is 0 Å². The molecule has 0 aliphatic heterocycles. The Morgan fingerprint density at radius 3 is 2.63 bits per heavy atom. The Hall–Kier alpha value is -2.08. The van der Waals surface area contributed by atoms with Gasteiger partial charge in [0.15, 0.2) is 5.82 Å². The summed E-state index contributed by atoms with van der Waals surface area (Å²) in [7, 11) is 0. The Balaban J connectivity index is 2.27. The molecule has 0 amide bonds. The van der Waals surface area contributed by atoms with Crippen LogP contribution < -0.4 is 5.73 Å². The molecule has 0 radical (unpaired) electrons. The van der Waals surface area contributed by atoms with E-state index in [2.05, 4.69) is 26.9 Å². The lowest BCUT2D eigenvalue weighted by Gasteiger charge is -2.03. The summed E-state index contributed by atoms with van der Waals surface area (Å²) >= 11 is 1.63. The zero-order chi connectivity index (χ0) is 13.6. The third kappa shape index (κ3) is 1.94. The van der Waals surface area contributed by atoms with Gasteiger partial charge in [0.25, 0.3) is 0 Å². The Labute approximate surface area is 114 Å². The van der Waals surface area contributed by atoms with E-state index in [9.17, 15) is 0 Å². The fourth-order valence-corrected chi connectivity index (χ4v) is 3.01. The maximum absolute atomic E-state index is 6.06. The van der Waals surface area contributed by atoms with Gasteiger partial charge in [0.05, 0.1) is 5.39 Å². The third-order valence-corrected chi connectivity index (χ3v) is 4.16. The van der Waals surface area contributed by atoms with Crippen LogP contribution >= 0.6 is 11.3 Å². The number of aryl methyl sites for hydroxylation is 3. The van der Waals surface area contributed by atoms with Gasteiger partial charge in [-0.05, 0) is 32.4 Å². The standard InChI is InChI=1S/C13H13N5S/c1-6-7(2)19-13-10(6)11(14)17-12(18-13)9-4-5-15-8(3)16-9/h4-5H,1-3H3,(H2,14,17,18). The maximum atomic E-state index is 6.06. The number of hydrogen-bond acceptors (Lipinski definition) is 6. The number of hydrogen-bond donors (Lipinski definition) is 1. The first-order valence-electron chi connectivity index (χ1n) is 5.89. The summed E-state index contributed by atoms with van der Waals surface area (Å²) in [6, 6.07) is 1.79. The number of thiophene rings is 1. The number of nitrogens with zero attached hydrogens (tertiary/aromatic N) is 4. The molecule has 0 saturated carbocycles. The van der Waals surface area contributed by atoms with Gasteiger partial charge in [-0.25, -0.2) is 19.9 Å². The molecule has 0 fully saturated rings. The van der Waals surface area contributed by atoms with Crippen LogP contribution in [0.2, 0.25) is 0 Å². The van der Waals surface area contributed by atoms with Crippen molar-refractivity contribution in [1.29, 1.82) is 0 Å². The molecule has 3 aromatic heterocycles. The highest BCUT2D eigenvalue weighted by atomic mass is 32.1. The molecule has 3 heterocycles. The van der Waals surface area contributed by atoms with Crippen molar-refractivity contribution in [3.63, 3.8) is 0 Å². The fraction of sp³-hybridized carbons (Fsp3) is 0.231. The van der Waals surface area contributed by atoms with Crippen molar-refractivity contribution < 1.29 is 0 Å². The van der Waals surface area contributed by atoms with Crippen LogP contribution in [-0.2, 0) is 0 Å². The lowest BCUT2D eigenvalue weighted by atomic mass is 10.2. The van der Waals surface area contributed by atoms with E-state index < -0.39 is 0 Å². The SMILES string of the molecule is Cc1nccc(-c2nc(N)c3c(C)c(C)sc3n2)n1. The van der Waals surface area contributed by atoms with Crippen molar-refractivity contribution >= 4 is 27.4 Å². The molecular weight excluding hydrogens is 258 g/mol. The molecule has 2 N–H and O–H groups in total. The van der Waals surface area contributed by atoms with Crippen LogP contribution in [0.25, 0.3) is 21.7 Å². The molecule has 0 unspecified atom stereocenters. The van der Waals surface area contributed by atoms with Gasteiger partial charge in [-0.2, -0.15) is 0 Å². The van der Waals surface area contributed by atoms with Gasteiger partial charge >= 0.3 is 0 Å². The summed E-state index contributed by atoms with van der Waals surface area (Å²) in [6.07, 6.45) is 1.70. The quantitative estimate of drug-likeness (QED) is 0.736. The summed E-state index contributed by atoms with van der Waals surface area (Å²) in [4.78, 5) is 19.5. The molecule has 0 aromatic carbocycles. The first-order chi connectivity index (χ1) is 9.06. The number of aromatic nitrogens is 4. The average Bonchev–Trinajstić information content (AvgIpc) is 2.65. The zero-order valence-electron chi connectivity index (χ0n) is 10.9. The first-order valence-corrected chi connectivity index (χ1v) is 6.71. The minimum absolute atomic E-state index is 0.512. The Kier molecular flexibility index (Phi) is 2.67. The molecule has 19 heavy (non-hydrogen) atoms. The second-order valence-corrected chi connectivity index (χ2v) is 5.59. The van der Waals surface area contributed by atoms with Gasteiger partial charge in [-0.1, -0.05) is 0 Å². The number of fused-ring (bicyclic) bond motifs is 1. The van der Waals surface area contributed by atoms with Gasteiger partial charge in [0.2, 0.25) is 0 Å². The van der Waals surface area contributed by atoms with E-state index in [1.165, 1.54) is 4.88 Å². The lowest BCUT2D eigenvalue weighted by Crippen LogP contribution is -1.99. The second-order valence-electron chi connectivity index (χ2n) is 4.38. The van der Waals surface area contributed by atoms with E-state index in [1.54, 1.807) is 23.6 Å². The molecular formula is C13H13N5S. The zero-order valence-corrected chi connectivity index (χ0v) is 11.7. The minimum Gasteiger partial charge on any atom is -0.383 e. The van der Waals surface area contributed by atoms with E-state index in [0.717, 1.165) is 15.8 Å². The van der Waals surface area contributed by atoms with Crippen molar-refractivity contribution in [3.05, 3.63) is 28.5 Å². The number of nitrogen functional groups attached to an aromatic ring is 1. The van der Waals surface area contributed by atoms with Crippen LogP contribution in [0.5, 0.6) is 0 Å². The second kappa shape index (κ2) is 4.24. The molecule has 96 valence electrons. The summed E-state index contributed by atoms with van der Waals surface area (Å²) in [5.74, 6) is 1.76. The molecule has 3 aromatic rings. The molecule has 0 bridgehead atoms. The van der Waals surface area contributed by atoms with Crippen LogP contribution in [0.4, 0.5) is 5.82 Å². The van der Waals surface area contributed by atoms with Gasteiger partial charge in [-0.15, -0.1) is 11.3 Å². The maximum Gasteiger partial charge on any atom is 0.181 e. The lowest BCUT2D eigenvalue weighted by molar-refractivity contribution is 1.04. The highest BCUT2D eigenvalue weighted by Crippen LogP contribution is 2.33. The van der Waals surface area contributed by atoms with Crippen LogP contribution in [0, 0.1) is 20.8 Å². The Bertz CT molecular complexity index is 778. The molecule has 0 aliphatic rings. The first kappa shape index (κ1) is 12.0. The van der Waals surface area contributed by atoms with Crippen molar-refractivity contribution in [2.24, 2.45) is 0 Å². The summed E-state index contributed by atoms with van der Waals surface area (Å²) in [5, 5.41) is 0.956. The van der Waals surface area contributed by atoms with E-state index in [4.69, 9.17) is 5.73 Å². The van der Waals surface area contributed by atoms with E-state index in [-0.39, 0.29) is 0 Å². The molecule has 0 aliphatic carbocycles. The van der Waals surface area contributed by atoms with Crippen LogP contribution in [0.1, 0.15) is 16.3 Å². The summed E-state index contributed by atoms with van der Waals surface area (Å²) in [5.41, 5.74) is 7.91. The molecule has 0 atom stereocenters.